The number of ether oxygens (including phenoxy) is 1. The average molecular weight is 224 g/mol. The van der Waals surface area contributed by atoms with Crippen molar-refractivity contribution in [3.8, 4) is 0 Å². The highest BCUT2D eigenvalue weighted by atomic mass is 16.5. The molecule has 2 bridgehead atoms. The highest BCUT2D eigenvalue weighted by molar-refractivity contribution is 5.75. The minimum absolute atomic E-state index is 0.0676. The molecule has 0 aromatic heterocycles. The lowest BCUT2D eigenvalue weighted by atomic mass is 9.53. The first kappa shape index (κ1) is 11.6. The highest BCUT2D eigenvalue weighted by Gasteiger charge is 2.56. The van der Waals surface area contributed by atoms with Gasteiger partial charge < -0.3 is 9.84 Å². The van der Waals surface area contributed by atoms with Crippen LogP contribution in [0.2, 0.25) is 0 Å². The summed E-state index contributed by atoms with van der Waals surface area (Å²) in [4.78, 5) is 11.7. The molecule has 0 aliphatic heterocycles. The molecule has 3 rings (SSSR count). The Bertz CT molecular complexity index is 356. The van der Waals surface area contributed by atoms with Gasteiger partial charge >= 0.3 is 5.97 Å². The lowest BCUT2D eigenvalue weighted by Gasteiger charge is -2.54. The predicted molar refractivity (Wildman–Crippen MR) is 60.7 cm³/mol. The van der Waals surface area contributed by atoms with Crippen molar-refractivity contribution in [1.82, 2.24) is 0 Å². The fourth-order valence-corrected chi connectivity index (χ4v) is 3.63. The molecule has 3 nitrogen and oxygen atoms in total. The molecular formula is C13H20O3. The van der Waals surface area contributed by atoms with Gasteiger partial charge in [-0.3, -0.25) is 4.79 Å². The zero-order valence-corrected chi connectivity index (χ0v) is 10.4. The zero-order chi connectivity index (χ0) is 12.1. The van der Waals surface area contributed by atoms with E-state index in [1.54, 1.807) is 0 Å². The molecule has 3 aliphatic carbocycles. The maximum absolute atomic E-state index is 11.7. The molecule has 0 spiro atoms. The van der Waals surface area contributed by atoms with Crippen LogP contribution in [0.1, 0.15) is 33.6 Å². The van der Waals surface area contributed by atoms with Crippen molar-refractivity contribution < 1.29 is 14.6 Å². The van der Waals surface area contributed by atoms with Crippen molar-refractivity contribution in [2.45, 2.75) is 39.2 Å². The van der Waals surface area contributed by atoms with Crippen molar-refractivity contribution in [2.24, 2.45) is 17.3 Å². The SMILES string of the molecule is COC(=O)[C@@H]1C[C@H]2C(C)=C[C@]1(O)CC2(C)C. The second-order valence-electron chi connectivity index (χ2n) is 5.91. The van der Waals surface area contributed by atoms with Crippen LogP contribution in [0.5, 0.6) is 0 Å². The molecule has 3 heteroatoms. The molecule has 0 amide bonds. The molecule has 3 aliphatic rings. The van der Waals surface area contributed by atoms with Crippen LogP contribution in [0.4, 0.5) is 0 Å². The van der Waals surface area contributed by atoms with Gasteiger partial charge in [0.05, 0.1) is 18.6 Å². The van der Waals surface area contributed by atoms with Gasteiger partial charge in [0.2, 0.25) is 0 Å². The molecule has 0 radical (unpaired) electrons. The lowest BCUT2D eigenvalue weighted by molar-refractivity contribution is -0.164. The largest absolute Gasteiger partial charge is 0.469 e. The smallest absolute Gasteiger partial charge is 0.311 e. The molecule has 1 fully saturated rings. The molecule has 1 N–H and O–H groups in total. The van der Waals surface area contributed by atoms with E-state index in [9.17, 15) is 9.90 Å². The van der Waals surface area contributed by atoms with E-state index < -0.39 is 5.60 Å². The van der Waals surface area contributed by atoms with Gasteiger partial charge in [0.1, 0.15) is 0 Å². The third-order valence-corrected chi connectivity index (χ3v) is 4.27. The van der Waals surface area contributed by atoms with Gasteiger partial charge in [0.15, 0.2) is 0 Å². The van der Waals surface area contributed by atoms with Gasteiger partial charge in [-0.05, 0) is 31.1 Å². The summed E-state index contributed by atoms with van der Waals surface area (Å²) in [5, 5.41) is 10.6. The van der Waals surface area contributed by atoms with Crippen LogP contribution >= 0.6 is 0 Å². The van der Waals surface area contributed by atoms with Gasteiger partial charge in [0, 0.05) is 0 Å². The Morgan fingerprint density at radius 2 is 2.19 bits per heavy atom. The Balaban J connectivity index is 2.39. The number of aliphatic hydroxyl groups is 1. The van der Waals surface area contributed by atoms with Gasteiger partial charge in [-0.1, -0.05) is 25.5 Å². The number of methoxy groups -OCH3 is 1. The molecule has 90 valence electrons. The monoisotopic (exact) mass is 224 g/mol. The Morgan fingerprint density at radius 3 is 2.62 bits per heavy atom. The van der Waals surface area contributed by atoms with Gasteiger partial charge in [-0.25, -0.2) is 0 Å². The van der Waals surface area contributed by atoms with E-state index >= 15 is 0 Å². The predicted octanol–water partition coefficient (Wildman–Crippen LogP) is 1.90. The number of hydrogen-bond donors (Lipinski definition) is 1. The van der Waals surface area contributed by atoms with Crippen molar-refractivity contribution in [1.29, 1.82) is 0 Å². The summed E-state index contributed by atoms with van der Waals surface area (Å²) < 4.78 is 4.78. The van der Waals surface area contributed by atoms with Crippen molar-refractivity contribution >= 4 is 5.97 Å². The number of hydrogen-bond acceptors (Lipinski definition) is 3. The first-order valence-corrected chi connectivity index (χ1v) is 5.80. The second-order valence-corrected chi connectivity index (χ2v) is 5.91. The number of allylic oxidation sites excluding steroid dienone is 1. The summed E-state index contributed by atoms with van der Waals surface area (Å²) in [7, 11) is 1.38. The second kappa shape index (κ2) is 3.33. The molecule has 0 aromatic carbocycles. The standard InChI is InChI=1S/C13H20O3/c1-8-6-13(15)7-12(2,3)9(8)5-10(13)11(14)16-4/h6,9-10,15H,5,7H2,1-4H3/t9-,10-,13-/m0/s1. The van der Waals surface area contributed by atoms with Crippen LogP contribution in [0.3, 0.4) is 0 Å². The zero-order valence-electron chi connectivity index (χ0n) is 10.4. The topological polar surface area (TPSA) is 46.5 Å². The molecule has 1 saturated carbocycles. The van der Waals surface area contributed by atoms with Crippen LogP contribution in [0.15, 0.2) is 11.6 Å². The van der Waals surface area contributed by atoms with E-state index in [1.807, 2.05) is 13.0 Å². The number of esters is 1. The van der Waals surface area contributed by atoms with E-state index in [-0.39, 0.29) is 17.3 Å². The number of rotatable bonds is 1. The molecule has 0 aromatic rings. The van der Waals surface area contributed by atoms with Crippen LogP contribution in [-0.4, -0.2) is 23.8 Å². The van der Waals surface area contributed by atoms with Crippen molar-refractivity contribution in [2.75, 3.05) is 7.11 Å². The minimum Gasteiger partial charge on any atom is -0.469 e. The fourth-order valence-electron chi connectivity index (χ4n) is 3.63. The van der Waals surface area contributed by atoms with Gasteiger partial charge in [-0.15, -0.1) is 0 Å². The van der Waals surface area contributed by atoms with Crippen LogP contribution in [-0.2, 0) is 9.53 Å². The summed E-state index contributed by atoms with van der Waals surface area (Å²) in [6.07, 6.45) is 3.22. The summed E-state index contributed by atoms with van der Waals surface area (Å²) in [6.45, 7) is 6.36. The summed E-state index contributed by atoms with van der Waals surface area (Å²) in [5.74, 6) is -0.295. The lowest BCUT2D eigenvalue weighted by Crippen LogP contribution is -2.55. The number of fused-ring (bicyclic) bond motifs is 2. The summed E-state index contributed by atoms with van der Waals surface area (Å²) >= 11 is 0. The molecule has 16 heavy (non-hydrogen) atoms. The molecule has 0 unspecified atom stereocenters. The third kappa shape index (κ3) is 1.49. The van der Waals surface area contributed by atoms with Crippen LogP contribution in [0.25, 0.3) is 0 Å². The van der Waals surface area contributed by atoms with Gasteiger partial charge in [-0.2, -0.15) is 0 Å². The van der Waals surface area contributed by atoms with E-state index in [0.29, 0.717) is 18.8 Å². The average Bonchev–Trinajstić information content (AvgIpc) is 2.13. The maximum atomic E-state index is 11.7. The summed E-state index contributed by atoms with van der Waals surface area (Å²) in [6, 6.07) is 0. The van der Waals surface area contributed by atoms with E-state index in [1.165, 1.54) is 12.7 Å². The third-order valence-electron chi connectivity index (χ3n) is 4.27. The first-order valence-electron chi connectivity index (χ1n) is 5.80. The molecule has 0 heterocycles. The van der Waals surface area contributed by atoms with Crippen LogP contribution < -0.4 is 0 Å². The van der Waals surface area contributed by atoms with E-state index in [2.05, 4.69) is 13.8 Å². The molecular weight excluding hydrogens is 204 g/mol. The van der Waals surface area contributed by atoms with Crippen LogP contribution in [0, 0.1) is 17.3 Å². The Labute approximate surface area is 96.5 Å². The van der Waals surface area contributed by atoms with E-state index in [4.69, 9.17) is 4.74 Å². The van der Waals surface area contributed by atoms with Crippen molar-refractivity contribution in [3.63, 3.8) is 0 Å². The number of carbonyl (C=O) groups excluding carboxylic acids is 1. The first-order chi connectivity index (χ1) is 7.30. The quantitative estimate of drug-likeness (QED) is 0.546. The fraction of sp³-hybridized carbons (Fsp3) is 0.769. The minimum atomic E-state index is -1.00. The van der Waals surface area contributed by atoms with Gasteiger partial charge in [0.25, 0.3) is 0 Å². The normalized spacial score (nSPS) is 40.4. The maximum Gasteiger partial charge on any atom is 0.311 e. The molecule has 3 atom stereocenters. The highest BCUT2D eigenvalue weighted by Crippen LogP contribution is 2.56. The Kier molecular flexibility index (Phi) is 2.42. The Morgan fingerprint density at radius 1 is 1.56 bits per heavy atom. The van der Waals surface area contributed by atoms with Crippen molar-refractivity contribution in [3.05, 3.63) is 11.6 Å². The number of carbonyl (C=O) groups is 1. The summed E-state index contributed by atoms with van der Waals surface area (Å²) in [5.41, 5.74) is 0.270. The Hall–Kier alpha value is -0.830. The molecule has 0 saturated heterocycles. The van der Waals surface area contributed by atoms with E-state index in [0.717, 1.165) is 0 Å².